The Bertz CT molecular complexity index is 393. The minimum atomic E-state index is -0.104. The first-order chi connectivity index (χ1) is 9.17. The van der Waals surface area contributed by atoms with Crippen LogP contribution in [0.15, 0.2) is 24.3 Å². The molecule has 1 aromatic rings. The number of rotatable bonds is 8. The SMILES string of the molecule is CCCOc1cccc(C(=O)NC(C)CCCO)c1. The Morgan fingerprint density at radius 2 is 2.26 bits per heavy atom. The molecule has 0 saturated carbocycles. The Morgan fingerprint density at radius 1 is 1.47 bits per heavy atom. The van der Waals surface area contributed by atoms with Crippen LogP contribution in [0.4, 0.5) is 0 Å². The molecule has 1 rings (SSSR count). The smallest absolute Gasteiger partial charge is 0.251 e. The third kappa shape index (κ3) is 5.75. The van der Waals surface area contributed by atoms with Gasteiger partial charge in [0.1, 0.15) is 5.75 Å². The number of benzene rings is 1. The number of nitrogens with one attached hydrogen (secondary N) is 1. The van der Waals surface area contributed by atoms with E-state index in [1.165, 1.54) is 0 Å². The van der Waals surface area contributed by atoms with Gasteiger partial charge in [0.15, 0.2) is 0 Å². The van der Waals surface area contributed by atoms with Gasteiger partial charge >= 0.3 is 0 Å². The molecule has 0 radical (unpaired) electrons. The van der Waals surface area contributed by atoms with Crippen molar-refractivity contribution in [3.63, 3.8) is 0 Å². The molecule has 0 spiro atoms. The zero-order valence-electron chi connectivity index (χ0n) is 11.7. The molecule has 0 saturated heterocycles. The second-order valence-corrected chi connectivity index (χ2v) is 4.62. The van der Waals surface area contributed by atoms with Crippen molar-refractivity contribution < 1.29 is 14.6 Å². The maximum absolute atomic E-state index is 12.0. The number of hydrogen-bond donors (Lipinski definition) is 2. The first kappa shape index (κ1) is 15.5. The summed E-state index contributed by atoms with van der Waals surface area (Å²) in [7, 11) is 0. The van der Waals surface area contributed by atoms with Crippen LogP contribution in [0.5, 0.6) is 5.75 Å². The lowest BCUT2D eigenvalue weighted by molar-refractivity contribution is 0.0936. The summed E-state index contributed by atoms with van der Waals surface area (Å²) in [6, 6.07) is 7.25. The molecular weight excluding hydrogens is 242 g/mol. The summed E-state index contributed by atoms with van der Waals surface area (Å²) in [6.45, 7) is 4.78. The second kappa shape index (κ2) is 8.53. The van der Waals surface area contributed by atoms with Crippen LogP contribution < -0.4 is 10.1 Å². The predicted molar refractivity (Wildman–Crippen MR) is 75.5 cm³/mol. The van der Waals surface area contributed by atoms with E-state index in [0.717, 1.165) is 18.6 Å². The number of aliphatic hydroxyl groups excluding tert-OH is 1. The maximum atomic E-state index is 12.0. The van der Waals surface area contributed by atoms with Crippen LogP contribution in [0, 0.1) is 0 Å². The molecule has 106 valence electrons. The highest BCUT2D eigenvalue weighted by atomic mass is 16.5. The summed E-state index contributed by atoms with van der Waals surface area (Å²) in [4.78, 5) is 12.0. The average molecular weight is 265 g/mol. The molecule has 0 aliphatic rings. The fourth-order valence-corrected chi connectivity index (χ4v) is 1.72. The standard InChI is InChI=1S/C15H23NO3/c1-3-10-19-14-8-4-7-13(11-14)15(18)16-12(2)6-5-9-17/h4,7-8,11-12,17H,3,5-6,9-10H2,1-2H3,(H,16,18). The van der Waals surface area contributed by atoms with Gasteiger partial charge < -0.3 is 15.2 Å². The zero-order valence-corrected chi connectivity index (χ0v) is 11.7. The lowest BCUT2D eigenvalue weighted by Crippen LogP contribution is -2.32. The van der Waals surface area contributed by atoms with Gasteiger partial charge in [-0.1, -0.05) is 13.0 Å². The topological polar surface area (TPSA) is 58.6 Å². The lowest BCUT2D eigenvalue weighted by Gasteiger charge is -2.13. The summed E-state index contributed by atoms with van der Waals surface area (Å²) in [5.74, 6) is 0.616. The monoisotopic (exact) mass is 265 g/mol. The van der Waals surface area contributed by atoms with E-state index < -0.39 is 0 Å². The Balaban J connectivity index is 2.56. The van der Waals surface area contributed by atoms with Crippen LogP contribution in [0.3, 0.4) is 0 Å². The van der Waals surface area contributed by atoms with Crippen molar-refractivity contribution in [1.29, 1.82) is 0 Å². The lowest BCUT2D eigenvalue weighted by atomic mass is 10.1. The van der Waals surface area contributed by atoms with Crippen molar-refractivity contribution in [2.24, 2.45) is 0 Å². The van der Waals surface area contributed by atoms with E-state index in [2.05, 4.69) is 5.32 Å². The minimum absolute atomic E-state index is 0.0554. The zero-order chi connectivity index (χ0) is 14.1. The minimum Gasteiger partial charge on any atom is -0.494 e. The third-order valence-corrected chi connectivity index (χ3v) is 2.74. The van der Waals surface area contributed by atoms with Gasteiger partial charge in [-0.3, -0.25) is 4.79 Å². The van der Waals surface area contributed by atoms with Crippen molar-refractivity contribution in [1.82, 2.24) is 5.32 Å². The van der Waals surface area contributed by atoms with E-state index in [1.807, 2.05) is 26.0 Å². The molecular formula is C15H23NO3. The van der Waals surface area contributed by atoms with Crippen LogP contribution in [-0.4, -0.2) is 30.3 Å². The fraction of sp³-hybridized carbons (Fsp3) is 0.533. The van der Waals surface area contributed by atoms with Crippen LogP contribution in [-0.2, 0) is 0 Å². The van der Waals surface area contributed by atoms with E-state index in [1.54, 1.807) is 12.1 Å². The first-order valence-electron chi connectivity index (χ1n) is 6.82. The maximum Gasteiger partial charge on any atom is 0.251 e. The largest absolute Gasteiger partial charge is 0.494 e. The van der Waals surface area contributed by atoms with E-state index in [0.29, 0.717) is 18.6 Å². The molecule has 19 heavy (non-hydrogen) atoms. The van der Waals surface area contributed by atoms with Crippen molar-refractivity contribution in [2.75, 3.05) is 13.2 Å². The Kier molecular flexibility index (Phi) is 6.97. The van der Waals surface area contributed by atoms with Crippen LogP contribution in [0.1, 0.15) is 43.5 Å². The molecule has 4 nitrogen and oxygen atoms in total. The number of aliphatic hydroxyl groups is 1. The molecule has 0 aliphatic heterocycles. The molecule has 0 aromatic heterocycles. The summed E-state index contributed by atoms with van der Waals surface area (Å²) < 4.78 is 5.50. The quantitative estimate of drug-likeness (QED) is 0.758. The van der Waals surface area contributed by atoms with Crippen LogP contribution >= 0.6 is 0 Å². The Morgan fingerprint density at radius 3 is 2.95 bits per heavy atom. The van der Waals surface area contributed by atoms with Gasteiger partial charge in [-0.15, -0.1) is 0 Å². The first-order valence-corrected chi connectivity index (χ1v) is 6.82. The average Bonchev–Trinajstić information content (AvgIpc) is 2.43. The summed E-state index contributed by atoms with van der Waals surface area (Å²) >= 11 is 0. The van der Waals surface area contributed by atoms with Gasteiger partial charge in [-0.25, -0.2) is 0 Å². The molecule has 1 atom stereocenters. The second-order valence-electron chi connectivity index (χ2n) is 4.62. The molecule has 0 fully saturated rings. The predicted octanol–water partition coefficient (Wildman–Crippen LogP) is 2.37. The van der Waals surface area contributed by atoms with Crippen molar-refractivity contribution >= 4 is 5.91 Å². The molecule has 0 heterocycles. The molecule has 4 heteroatoms. The molecule has 0 bridgehead atoms. The molecule has 1 aromatic carbocycles. The van der Waals surface area contributed by atoms with Gasteiger partial charge in [0.25, 0.3) is 5.91 Å². The van der Waals surface area contributed by atoms with Crippen molar-refractivity contribution in [3.8, 4) is 5.75 Å². The van der Waals surface area contributed by atoms with Crippen molar-refractivity contribution in [2.45, 2.75) is 39.2 Å². The highest BCUT2D eigenvalue weighted by Gasteiger charge is 2.10. The Labute approximate surface area is 114 Å². The van der Waals surface area contributed by atoms with E-state index in [9.17, 15) is 4.79 Å². The third-order valence-electron chi connectivity index (χ3n) is 2.74. The van der Waals surface area contributed by atoms with E-state index in [4.69, 9.17) is 9.84 Å². The van der Waals surface area contributed by atoms with Gasteiger partial charge in [-0.2, -0.15) is 0 Å². The normalized spacial score (nSPS) is 11.9. The highest BCUT2D eigenvalue weighted by molar-refractivity contribution is 5.94. The number of ether oxygens (including phenoxy) is 1. The summed E-state index contributed by atoms with van der Waals surface area (Å²) in [5, 5.41) is 11.7. The Hall–Kier alpha value is -1.55. The van der Waals surface area contributed by atoms with Gasteiger partial charge in [0.2, 0.25) is 0 Å². The van der Waals surface area contributed by atoms with E-state index in [-0.39, 0.29) is 18.6 Å². The van der Waals surface area contributed by atoms with Gasteiger partial charge in [0, 0.05) is 18.2 Å². The number of carbonyl (C=O) groups is 1. The number of carbonyl (C=O) groups excluding carboxylic acids is 1. The summed E-state index contributed by atoms with van der Waals surface area (Å²) in [6.07, 6.45) is 2.41. The summed E-state index contributed by atoms with van der Waals surface area (Å²) in [5.41, 5.74) is 0.601. The van der Waals surface area contributed by atoms with Gasteiger partial charge in [0.05, 0.1) is 6.61 Å². The van der Waals surface area contributed by atoms with Crippen LogP contribution in [0.2, 0.25) is 0 Å². The highest BCUT2D eigenvalue weighted by Crippen LogP contribution is 2.14. The molecule has 1 unspecified atom stereocenters. The van der Waals surface area contributed by atoms with Gasteiger partial charge in [-0.05, 0) is 44.4 Å². The number of hydrogen-bond acceptors (Lipinski definition) is 3. The number of amides is 1. The molecule has 2 N–H and O–H groups in total. The fourth-order valence-electron chi connectivity index (χ4n) is 1.72. The molecule has 1 amide bonds. The van der Waals surface area contributed by atoms with Crippen molar-refractivity contribution in [3.05, 3.63) is 29.8 Å². The molecule has 0 aliphatic carbocycles. The van der Waals surface area contributed by atoms with Crippen LogP contribution in [0.25, 0.3) is 0 Å². The van der Waals surface area contributed by atoms with E-state index >= 15 is 0 Å².